The van der Waals surface area contributed by atoms with Gasteiger partial charge in [-0.2, -0.15) is 0 Å². The molecule has 0 aliphatic carbocycles. The molecule has 0 aromatic carbocycles. The third-order valence-electron chi connectivity index (χ3n) is 11.4. The lowest BCUT2D eigenvalue weighted by atomic mass is 9.86. The molecule has 50 heavy (non-hydrogen) atoms. The summed E-state index contributed by atoms with van der Waals surface area (Å²) in [5.41, 5.74) is 1.56. The Morgan fingerprint density at radius 1 is 0.480 bits per heavy atom. The van der Waals surface area contributed by atoms with Crippen LogP contribution in [0.25, 0.3) is 0 Å². The molecule has 0 spiro atoms. The van der Waals surface area contributed by atoms with Gasteiger partial charge in [0, 0.05) is 19.0 Å². The van der Waals surface area contributed by atoms with Crippen LogP contribution in [0.15, 0.2) is 12.2 Å². The maximum Gasteiger partial charge on any atom is 0.222 e. The van der Waals surface area contributed by atoms with E-state index in [2.05, 4.69) is 44.5 Å². The van der Waals surface area contributed by atoms with Crippen LogP contribution in [0.3, 0.4) is 0 Å². The summed E-state index contributed by atoms with van der Waals surface area (Å²) in [7, 11) is 2.04. The lowest BCUT2D eigenvalue weighted by molar-refractivity contribution is -0.134. The Morgan fingerprint density at radius 2 is 0.860 bits per heavy atom. The first-order valence-corrected chi connectivity index (χ1v) is 23.2. The third-order valence-corrected chi connectivity index (χ3v) is 11.4. The topological polar surface area (TPSA) is 32.3 Å². The first kappa shape index (κ1) is 49.2. The van der Waals surface area contributed by atoms with Gasteiger partial charge in [-0.3, -0.25) is 4.79 Å². The van der Waals surface area contributed by atoms with Crippen molar-refractivity contribution in [3.8, 4) is 0 Å². The number of rotatable bonds is 41. The van der Waals surface area contributed by atoms with Gasteiger partial charge < -0.3 is 10.2 Å². The largest absolute Gasteiger partial charge is 0.340 e. The molecule has 298 valence electrons. The molecular weight excluding hydrogens is 609 g/mol. The number of hydrogen-bond donors (Lipinski definition) is 1. The molecule has 1 N–H and O–H groups in total. The predicted octanol–water partition coefficient (Wildman–Crippen LogP) is 15.3. The van der Waals surface area contributed by atoms with Crippen molar-refractivity contribution in [2.75, 3.05) is 20.1 Å². The van der Waals surface area contributed by atoms with Gasteiger partial charge in [0.2, 0.25) is 5.91 Å². The number of amides is 1. The van der Waals surface area contributed by atoms with Crippen LogP contribution in [0.1, 0.15) is 252 Å². The number of carbonyl (C=O) groups excluding carboxylic acids is 1. The maximum atomic E-state index is 13.7. The summed E-state index contributed by atoms with van der Waals surface area (Å²) in [6.07, 6.45) is 45.7. The van der Waals surface area contributed by atoms with Gasteiger partial charge in [0.05, 0.1) is 0 Å². The summed E-state index contributed by atoms with van der Waals surface area (Å²) in [5.74, 6) is 1.22. The molecule has 0 saturated heterocycles. The smallest absolute Gasteiger partial charge is 0.222 e. The normalized spacial score (nSPS) is 12.7. The molecule has 0 fully saturated rings. The molecule has 0 saturated carbocycles. The van der Waals surface area contributed by atoms with Crippen LogP contribution in [0, 0.1) is 5.92 Å². The van der Waals surface area contributed by atoms with Crippen LogP contribution in [0.5, 0.6) is 0 Å². The Morgan fingerprint density at radius 3 is 1.34 bits per heavy atom. The van der Waals surface area contributed by atoms with Gasteiger partial charge in [-0.1, -0.05) is 207 Å². The Kier molecular flexibility index (Phi) is 38.7. The number of nitrogens with one attached hydrogen (secondary N) is 1. The summed E-state index contributed by atoms with van der Waals surface area (Å²) < 4.78 is 0. The van der Waals surface area contributed by atoms with Gasteiger partial charge in [-0.15, -0.1) is 0 Å². The summed E-state index contributed by atoms with van der Waals surface area (Å²) in [6.45, 7) is 15.7. The average Bonchev–Trinajstić information content (AvgIpc) is 3.12. The SMILES string of the molecule is C=C(CCCCCCCCCCC(CCCCCCCCCC)N(CCCNC)C(=O)CCCCCCCC)C(CCCC)CCCCCC. The lowest BCUT2D eigenvalue weighted by Gasteiger charge is -2.33. The zero-order valence-corrected chi connectivity index (χ0v) is 35.4. The zero-order chi connectivity index (χ0) is 36.8. The number of unbranched alkanes of at least 4 members (excludes halogenated alkanes) is 23. The van der Waals surface area contributed by atoms with E-state index >= 15 is 0 Å². The minimum Gasteiger partial charge on any atom is -0.340 e. The molecule has 0 heterocycles. The quantitative estimate of drug-likeness (QED) is 0.0508. The Balaban J connectivity index is 4.69. The molecule has 0 aromatic rings. The van der Waals surface area contributed by atoms with E-state index in [9.17, 15) is 4.79 Å². The molecular formula is C47H94N2O. The highest BCUT2D eigenvalue weighted by Crippen LogP contribution is 2.28. The monoisotopic (exact) mass is 703 g/mol. The molecule has 0 radical (unpaired) electrons. The van der Waals surface area contributed by atoms with Gasteiger partial charge in [0.25, 0.3) is 0 Å². The lowest BCUT2D eigenvalue weighted by Crippen LogP contribution is -2.41. The predicted molar refractivity (Wildman–Crippen MR) is 226 cm³/mol. The van der Waals surface area contributed by atoms with Crippen LogP contribution in [0.4, 0.5) is 0 Å². The number of hydrogen-bond acceptors (Lipinski definition) is 2. The van der Waals surface area contributed by atoms with Gasteiger partial charge in [0.15, 0.2) is 0 Å². The number of carbonyl (C=O) groups is 1. The van der Waals surface area contributed by atoms with E-state index < -0.39 is 0 Å². The molecule has 1 amide bonds. The Bertz CT molecular complexity index is 705. The average molecular weight is 703 g/mol. The highest BCUT2D eigenvalue weighted by molar-refractivity contribution is 5.76. The molecule has 3 nitrogen and oxygen atoms in total. The van der Waals surface area contributed by atoms with Crippen LogP contribution >= 0.6 is 0 Å². The van der Waals surface area contributed by atoms with Crippen molar-refractivity contribution in [3.63, 3.8) is 0 Å². The van der Waals surface area contributed by atoms with Crippen molar-refractivity contribution < 1.29 is 4.79 Å². The molecule has 0 aliphatic heterocycles. The first-order chi connectivity index (χ1) is 24.5. The zero-order valence-electron chi connectivity index (χ0n) is 35.4. The molecule has 0 aromatic heterocycles. The van der Waals surface area contributed by atoms with E-state index in [-0.39, 0.29) is 0 Å². The molecule has 3 heteroatoms. The van der Waals surface area contributed by atoms with Gasteiger partial charge in [0.1, 0.15) is 0 Å². The molecule has 0 bridgehead atoms. The second kappa shape index (κ2) is 39.4. The van der Waals surface area contributed by atoms with Crippen molar-refractivity contribution in [2.24, 2.45) is 5.92 Å². The van der Waals surface area contributed by atoms with Crippen molar-refractivity contribution in [1.82, 2.24) is 10.2 Å². The van der Waals surface area contributed by atoms with Crippen molar-refractivity contribution in [2.45, 2.75) is 258 Å². The van der Waals surface area contributed by atoms with E-state index in [0.717, 1.165) is 38.3 Å². The van der Waals surface area contributed by atoms with E-state index in [1.54, 1.807) is 5.57 Å². The van der Waals surface area contributed by atoms with Crippen LogP contribution < -0.4 is 5.32 Å². The fourth-order valence-electron chi connectivity index (χ4n) is 7.92. The summed E-state index contributed by atoms with van der Waals surface area (Å²) in [6, 6.07) is 0.445. The second-order valence-electron chi connectivity index (χ2n) is 16.2. The van der Waals surface area contributed by atoms with Crippen LogP contribution in [0.2, 0.25) is 0 Å². The van der Waals surface area contributed by atoms with E-state index in [1.165, 1.54) is 205 Å². The highest BCUT2D eigenvalue weighted by Gasteiger charge is 2.22. The molecule has 2 atom stereocenters. The summed E-state index contributed by atoms with van der Waals surface area (Å²) in [5, 5.41) is 3.32. The minimum atomic E-state index is 0.442. The highest BCUT2D eigenvalue weighted by atomic mass is 16.2. The van der Waals surface area contributed by atoms with Gasteiger partial charge in [-0.05, 0) is 70.9 Å². The molecule has 2 unspecified atom stereocenters. The number of allylic oxidation sites excluding steroid dienone is 1. The van der Waals surface area contributed by atoms with Crippen molar-refractivity contribution >= 4 is 5.91 Å². The van der Waals surface area contributed by atoms with Crippen LogP contribution in [-0.4, -0.2) is 37.0 Å². The Hall–Kier alpha value is -0.830. The summed E-state index contributed by atoms with van der Waals surface area (Å²) >= 11 is 0. The summed E-state index contributed by atoms with van der Waals surface area (Å²) in [4.78, 5) is 16.0. The van der Waals surface area contributed by atoms with Crippen molar-refractivity contribution in [3.05, 3.63) is 12.2 Å². The van der Waals surface area contributed by atoms with E-state index in [1.807, 2.05) is 7.05 Å². The van der Waals surface area contributed by atoms with E-state index in [4.69, 9.17) is 0 Å². The van der Waals surface area contributed by atoms with Gasteiger partial charge >= 0.3 is 0 Å². The maximum absolute atomic E-state index is 13.7. The van der Waals surface area contributed by atoms with Crippen LogP contribution in [-0.2, 0) is 4.79 Å². The third kappa shape index (κ3) is 30.8. The minimum absolute atomic E-state index is 0.442. The second-order valence-corrected chi connectivity index (χ2v) is 16.2. The fourth-order valence-corrected chi connectivity index (χ4v) is 7.92. The molecule has 0 aliphatic rings. The van der Waals surface area contributed by atoms with E-state index in [0.29, 0.717) is 11.9 Å². The van der Waals surface area contributed by atoms with Crippen molar-refractivity contribution in [1.29, 1.82) is 0 Å². The van der Waals surface area contributed by atoms with Gasteiger partial charge in [-0.25, -0.2) is 0 Å². The number of nitrogens with zero attached hydrogens (tertiary/aromatic N) is 1. The fraction of sp³-hybridized carbons (Fsp3) is 0.936. The first-order valence-electron chi connectivity index (χ1n) is 23.2. The Labute approximate surface area is 316 Å². The molecule has 0 rings (SSSR count). The standard InChI is InChI=1S/C47H94N2O/c1-7-11-15-18-20-24-27-32-39-46(49(43-35-42-48-6)47(50)41-34-29-19-16-12-8-2)40-33-28-25-22-21-23-26-30-36-44(5)45(37-14-10-4)38-31-17-13-9-3/h45-46,48H,5,7-43H2,1-4,6H3.